The van der Waals surface area contributed by atoms with Crippen molar-refractivity contribution in [1.82, 2.24) is 0 Å². The maximum Gasteiger partial charge on any atom is 0.417 e. The maximum absolute atomic E-state index is 14.0. The molecule has 3 rings (SSSR count). The van der Waals surface area contributed by atoms with Crippen molar-refractivity contribution in [2.45, 2.75) is 26.2 Å². The molecule has 0 fully saturated rings. The standard InChI is InChI=1S/C22H23F3N2O6P2/c1-16-14-20(18-4-8-27(9-5-18)11-13-35(31,32)33)21(22(23,24)25)15-19(16)17-2-6-26(7-3-17)10-12-34(28,29)30/h2-9,14-15H,10-13H2,1H3,(H2-2,28,29,30,31,32,33)/p+2. The number of rotatable bonds is 8. The maximum atomic E-state index is 14.0. The predicted molar refractivity (Wildman–Crippen MR) is 121 cm³/mol. The van der Waals surface area contributed by atoms with Crippen molar-refractivity contribution in [2.75, 3.05) is 12.3 Å². The van der Waals surface area contributed by atoms with Crippen LogP contribution in [0.4, 0.5) is 13.2 Å². The van der Waals surface area contributed by atoms with Gasteiger partial charge in [-0.3, -0.25) is 9.13 Å². The molecule has 0 spiro atoms. The molecule has 13 heteroatoms. The molecule has 4 N–H and O–H groups in total. The number of alkyl halides is 3. The van der Waals surface area contributed by atoms with Gasteiger partial charge in [0.2, 0.25) is 0 Å². The smallest absolute Gasteiger partial charge is 0.324 e. The highest BCUT2D eigenvalue weighted by Gasteiger charge is 2.35. The lowest BCUT2D eigenvalue weighted by Crippen LogP contribution is -2.34. The van der Waals surface area contributed by atoms with Crippen LogP contribution in [0.25, 0.3) is 22.3 Å². The Labute approximate surface area is 199 Å². The van der Waals surface area contributed by atoms with Crippen molar-refractivity contribution >= 4 is 15.2 Å². The Morgan fingerprint density at radius 1 is 0.743 bits per heavy atom. The van der Waals surface area contributed by atoms with Gasteiger partial charge in [-0.1, -0.05) is 6.07 Å². The number of pyridine rings is 2. The van der Waals surface area contributed by atoms with Gasteiger partial charge < -0.3 is 19.6 Å². The molecule has 188 valence electrons. The lowest BCUT2D eigenvalue weighted by molar-refractivity contribution is -0.692. The molecule has 1 aromatic carbocycles. The van der Waals surface area contributed by atoms with E-state index >= 15 is 0 Å². The summed E-state index contributed by atoms with van der Waals surface area (Å²) in [6.45, 7) is 1.78. The molecule has 35 heavy (non-hydrogen) atoms. The van der Waals surface area contributed by atoms with Gasteiger partial charge in [-0.25, -0.2) is 9.13 Å². The number of benzene rings is 1. The number of hydrogen-bond donors (Lipinski definition) is 4. The van der Waals surface area contributed by atoms with Crippen LogP contribution in [0.1, 0.15) is 11.1 Å². The van der Waals surface area contributed by atoms with Gasteiger partial charge in [0, 0.05) is 24.3 Å². The second kappa shape index (κ2) is 10.3. The van der Waals surface area contributed by atoms with Crippen molar-refractivity contribution in [3.05, 3.63) is 72.3 Å². The van der Waals surface area contributed by atoms with E-state index in [9.17, 15) is 22.3 Å². The minimum Gasteiger partial charge on any atom is -0.324 e. The lowest BCUT2D eigenvalue weighted by atomic mass is 9.91. The number of hydrogen-bond acceptors (Lipinski definition) is 2. The van der Waals surface area contributed by atoms with Crippen LogP contribution in [0.5, 0.6) is 0 Å². The summed E-state index contributed by atoms with van der Waals surface area (Å²) >= 11 is 0. The highest BCUT2D eigenvalue weighted by molar-refractivity contribution is 7.51. The van der Waals surface area contributed by atoms with Gasteiger partial charge in [0.05, 0.1) is 5.56 Å². The Hall–Kier alpha value is -2.39. The fourth-order valence-corrected chi connectivity index (χ4v) is 4.54. The van der Waals surface area contributed by atoms with Gasteiger partial charge >= 0.3 is 21.4 Å². The first-order valence-corrected chi connectivity index (χ1v) is 14.0. The van der Waals surface area contributed by atoms with Gasteiger partial charge in [0.1, 0.15) is 12.3 Å². The molecule has 0 amide bonds. The third-order valence-electron chi connectivity index (χ3n) is 5.37. The Morgan fingerprint density at radius 3 is 1.51 bits per heavy atom. The van der Waals surface area contributed by atoms with Crippen LogP contribution < -0.4 is 9.13 Å². The number of nitrogens with zero attached hydrogens (tertiary/aromatic N) is 2. The summed E-state index contributed by atoms with van der Waals surface area (Å²) in [7, 11) is -8.36. The van der Waals surface area contributed by atoms with E-state index < -0.39 is 26.9 Å². The zero-order valence-corrected chi connectivity index (χ0v) is 20.4. The molecule has 0 aliphatic carbocycles. The van der Waals surface area contributed by atoms with Crippen molar-refractivity contribution in [3.63, 3.8) is 0 Å². The average molecular weight is 532 g/mol. The van der Waals surface area contributed by atoms with Crippen LogP contribution in [-0.4, -0.2) is 31.9 Å². The van der Waals surface area contributed by atoms with Crippen molar-refractivity contribution in [1.29, 1.82) is 0 Å². The third kappa shape index (κ3) is 7.80. The average Bonchev–Trinajstić information content (AvgIpc) is 2.75. The van der Waals surface area contributed by atoms with Crippen molar-refractivity contribution < 1.29 is 51.0 Å². The molecular formula is C22H25F3N2O6P2+2. The Morgan fingerprint density at radius 2 is 1.14 bits per heavy atom. The molecule has 0 aliphatic rings. The SMILES string of the molecule is Cc1cc(-c2cc[n+](CCP(=O)(O)O)cc2)c(C(F)(F)F)cc1-c1cc[n+](CCP(=O)(O)O)cc1. The van der Waals surface area contributed by atoms with Gasteiger partial charge in [0.15, 0.2) is 37.9 Å². The summed E-state index contributed by atoms with van der Waals surface area (Å²) in [5.74, 6) is 0. The largest absolute Gasteiger partial charge is 0.417 e. The Balaban J connectivity index is 1.94. The summed E-state index contributed by atoms with van der Waals surface area (Å²) in [5.41, 5.74) is 0.950. The summed E-state index contributed by atoms with van der Waals surface area (Å²) < 4.78 is 67.1. The second-order valence-electron chi connectivity index (χ2n) is 8.14. The zero-order valence-electron chi connectivity index (χ0n) is 18.6. The summed E-state index contributed by atoms with van der Waals surface area (Å²) in [6, 6.07) is 8.64. The quantitative estimate of drug-likeness (QED) is 0.261. The normalized spacial score (nSPS) is 12.7. The van der Waals surface area contributed by atoms with E-state index in [2.05, 4.69) is 0 Å². The predicted octanol–water partition coefficient (Wildman–Crippen LogP) is 3.28. The van der Waals surface area contributed by atoms with E-state index in [1.165, 1.54) is 35.2 Å². The number of aryl methyl sites for hydroxylation is 3. The van der Waals surface area contributed by atoms with Crippen LogP contribution in [-0.2, 0) is 28.4 Å². The monoisotopic (exact) mass is 532 g/mol. The summed E-state index contributed by atoms with van der Waals surface area (Å²) in [5, 5.41) is 0. The highest BCUT2D eigenvalue weighted by Crippen LogP contribution is 2.41. The topological polar surface area (TPSA) is 123 Å². The minimum atomic E-state index is -4.64. The van der Waals surface area contributed by atoms with E-state index in [0.29, 0.717) is 22.3 Å². The molecule has 0 saturated carbocycles. The molecule has 0 atom stereocenters. The van der Waals surface area contributed by atoms with Crippen LogP contribution in [0.15, 0.2) is 61.2 Å². The minimum absolute atomic E-state index is 0.0199. The summed E-state index contributed by atoms with van der Waals surface area (Å²) in [6.07, 6.45) is 0.693. The van der Waals surface area contributed by atoms with E-state index in [1.807, 2.05) is 0 Å². The molecule has 8 nitrogen and oxygen atoms in total. The molecular weight excluding hydrogens is 507 g/mol. The lowest BCUT2D eigenvalue weighted by Gasteiger charge is -2.17. The van der Waals surface area contributed by atoms with Crippen molar-refractivity contribution in [2.24, 2.45) is 0 Å². The fourth-order valence-electron chi connectivity index (χ4n) is 3.56. The fraction of sp³-hybridized carbons (Fsp3) is 0.273. The molecule has 0 unspecified atom stereocenters. The zero-order chi connectivity index (χ0) is 26.0. The van der Waals surface area contributed by atoms with Gasteiger partial charge in [-0.05, 0) is 40.8 Å². The van der Waals surface area contributed by atoms with Gasteiger partial charge in [-0.2, -0.15) is 13.2 Å². The molecule has 2 aromatic heterocycles. The molecule has 3 aromatic rings. The first kappa shape index (κ1) is 27.2. The van der Waals surface area contributed by atoms with E-state index in [1.54, 1.807) is 36.0 Å². The van der Waals surface area contributed by atoms with Crippen LogP contribution in [0.2, 0.25) is 0 Å². The van der Waals surface area contributed by atoms with Gasteiger partial charge in [-0.15, -0.1) is 0 Å². The molecule has 0 bridgehead atoms. The Bertz CT molecular complexity index is 1290. The highest BCUT2D eigenvalue weighted by atomic mass is 31.2. The van der Waals surface area contributed by atoms with Gasteiger partial charge in [0.25, 0.3) is 0 Å². The van der Waals surface area contributed by atoms with Crippen LogP contribution >= 0.6 is 15.2 Å². The third-order valence-corrected chi connectivity index (χ3v) is 6.94. The molecule has 0 aliphatic heterocycles. The number of aromatic nitrogens is 2. The molecule has 0 saturated heterocycles. The first-order chi connectivity index (χ1) is 16.1. The van der Waals surface area contributed by atoms with E-state index in [4.69, 9.17) is 19.6 Å². The first-order valence-electron chi connectivity index (χ1n) is 10.4. The van der Waals surface area contributed by atoms with Crippen molar-refractivity contribution in [3.8, 4) is 22.3 Å². The van der Waals surface area contributed by atoms with E-state index in [0.717, 1.165) is 6.07 Å². The summed E-state index contributed by atoms with van der Waals surface area (Å²) in [4.78, 5) is 36.0. The number of halogens is 3. The molecule has 2 heterocycles. The van der Waals surface area contributed by atoms with E-state index in [-0.39, 0.29) is 31.0 Å². The Kier molecular flexibility index (Phi) is 8.01. The molecule has 0 radical (unpaired) electrons. The van der Waals surface area contributed by atoms with Crippen LogP contribution in [0.3, 0.4) is 0 Å². The second-order valence-corrected chi connectivity index (χ2v) is 11.7. The van der Waals surface area contributed by atoms with Crippen LogP contribution in [0, 0.1) is 6.92 Å².